The fourth-order valence-corrected chi connectivity index (χ4v) is 2.24. The van der Waals surface area contributed by atoms with Crippen molar-refractivity contribution in [2.75, 3.05) is 10.6 Å². The average Bonchev–Trinajstić information content (AvgIpc) is 2.82. The second-order valence-corrected chi connectivity index (χ2v) is 5.12. The van der Waals surface area contributed by atoms with Crippen molar-refractivity contribution in [2.45, 2.75) is 0 Å². The molecule has 0 saturated heterocycles. The molecule has 0 amide bonds. The van der Waals surface area contributed by atoms with Gasteiger partial charge in [-0.1, -0.05) is 36.4 Å². The highest BCUT2D eigenvalue weighted by atomic mass is 16.2. The van der Waals surface area contributed by atoms with Crippen LogP contribution in [0.15, 0.2) is 75.0 Å². The summed E-state index contributed by atoms with van der Waals surface area (Å²) in [5.41, 5.74) is -0.748. The van der Waals surface area contributed by atoms with Crippen molar-refractivity contribution in [1.82, 2.24) is 0 Å². The summed E-state index contributed by atoms with van der Waals surface area (Å²) in [4.78, 5) is 36.3. The smallest absolute Gasteiger partial charge is 0.239 e. The molecule has 0 atom stereocenters. The number of para-hydroxylation sites is 2. The Balaban J connectivity index is 2.00. The van der Waals surface area contributed by atoms with E-state index in [2.05, 4.69) is 10.6 Å². The van der Waals surface area contributed by atoms with Crippen LogP contribution < -0.4 is 37.4 Å². The number of anilines is 2. The van der Waals surface area contributed by atoms with E-state index in [0.29, 0.717) is 0 Å². The van der Waals surface area contributed by atoms with Gasteiger partial charge in [0.1, 0.15) is 0 Å². The molecule has 118 valence electrons. The van der Waals surface area contributed by atoms with E-state index in [-0.39, 0.29) is 10.4 Å². The van der Waals surface area contributed by atoms with Gasteiger partial charge in [0, 0.05) is 23.8 Å². The largest absolute Gasteiger partial charge is 0.361 e. The van der Waals surface area contributed by atoms with Gasteiger partial charge in [-0.25, -0.2) is 0 Å². The predicted octanol–water partition coefficient (Wildman–Crippen LogP) is 0.343. The Morgan fingerprint density at radius 2 is 0.917 bits per heavy atom. The molecule has 3 aromatic carbocycles. The van der Waals surface area contributed by atoms with Gasteiger partial charge in [-0.05, 0) is 24.3 Å². The van der Waals surface area contributed by atoms with Gasteiger partial charge in [-0.15, -0.1) is 0 Å². The second kappa shape index (κ2) is 6.75. The van der Waals surface area contributed by atoms with Crippen LogP contribution in [0.3, 0.4) is 0 Å². The van der Waals surface area contributed by atoms with Crippen LogP contribution in [-0.4, -0.2) is 0 Å². The highest BCUT2D eigenvalue weighted by molar-refractivity contribution is 5.56. The van der Waals surface area contributed by atoms with Crippen molar-refractivity contribution in [3.8, 4) is 0 Å². The zero-order valence-electron chi connectivity index (χ0n) is 12.7. The number of hydrogen-bond donors (Lipinski definition) is 2. The van der Waals surface area contributed by atoms with Crippen molar-refractivity contribution in [3.05, 3.63) is 102 Å². The molecule has 0 aliphatic carbocycles. The molecule has 5 nitrogen and oxygen atoms in total. The lowest BCUT2D eigenvalue weighted by Gasteiger charge is -1.97. The van der Waals surface area contributed by atoms with Crippen molar-refractivity contribution in [3.63, 3.8) is 0 Å². The molecule has 0 bridgehead atoms. The Kier molecular flexibility index (Phi) is 4.34. The molecule has 2 N–H and O–H groups in total. The van der Waals surface area contributed by atoms with Gasteiger partial charge in [0.2, 0.25) is 16.3 Å². The molecule has 5 heteroatoms. The summed E-state index contributed by atoms with van der Waals surface area (Å²) in [6.45, 7) is 0. The minimum absolute atomic E-state index is 0.162. The van der Waals surface area contributed by atoms with Crippen LogP contribution in [0.1, 0.15) is 0 Å². The molecule has 0 aromatic heterocycles. The predicted molar refractivity (Wildman–Crippen MR) is 95.9 cm³/mol. The summed E-state index contributed by atoms with van der Waals surface area (Å²) in [6, 6.07) is 18.1. The molecule has 0 radical (unpaired) electrons. The lowest BCUT2D eigenvalue weighted by molar-refractivity contribution is 1.51. The first kappa shape index (κ1) is 15.4. The molecule has 0 saturated carbocycles. The Labute approximate surface area is 136 Å². The van der Waals surface area contributed by atoms with E-state index in [1.54, 1.807) is 24.3 Å². The SMILES string of the molecule is O=c1c(=O)c(=CNc2ccccc2)c(=O)c1=CNc1ccccc1. The van der Waals surface area contributed by atoms with Crippen molar-refractivity contribution >= 4 is 23.8 Å². The van der Waals surface area contributed by atoms with Crippen LogP contribution in [0, 0.1) is 0 Å². The van der Waals surface area contributed by atoms with Gasteiger partial charge in [0.15, 0.2) is 0 Å². The minimum atomic E-state index is -0.801. The highest BCUT2D eigenvalue weighted by Gasteiger charge is 2.08. The molecule has 0 heterocycles. The standard InChI is InChI=1S/C19H14N2O3/c22-17-15(11-20-13-7-3-1-4-8-13)18(23)19(24)16(17)12-21-14-9-5-2-6-10-14/h1-12,20-21H. The fourth-order valence-electron chi connectivity index (χ4n) is 2.24. The zero-order chi connectivity index (χ0) is 16.9. The van der Waals surface area contributed by atoms with E-state index in [1.807, 2.05) is 36.4 Å². The fraction of sp³-hybridized carbons (Fsp3) is 0. The molecule has 0 aliphatic rings. The third-order valence-corrected chi connectivity index (χ3v) is 3.50. The molecule has 3 rings (SSSR count). The normalized spacial score (nSPS) is 12.3. The highest BCUT2D eigenvalue weighted by Crippen LogP contribution is 2.04. The summed E-state index contributed by atoms with van der Waals surface area (Å²) >= 11 is 0. The van der Waals surface area contributed by atoms with Gasteiger partial charge in [0.25, 0.3) is 0 Å². The first-order valence-corrected chi connectivity index (χ1v) is 7.34. The van der Waals surface area contributed by atoms with Gasteiger partial charge < -0.3 is 10.6 Å². The first-order valence-electron chi connectivity index (χ1n) is 7.34. The van der Waals surface area contributed by atoms with Crippen molar-refractivity contribution in [1.29, 1.82) is 0 Å². The van der Waals surface area contributed by atoms with E-state index < -0.39 is 16.3 Å². The van der Waals surface area contributed by atoms with E-state index in [9.17, 15) is 14.4 Å². The van der Waals surface area contributed by atoms with E-state index >= 15 is 0 Å². The number of nitrogens with one attached hydrogen (secondary N) is 2. The topological polar surface area (TPSA) is 75.3 Å². The van der Waals surface area contributed by atoms with Crippen LogP contribution in [-0.2, 0) is 0 Å². The van der Waals surface area contributed by atoms with Gasteiger partial charge in [0.05, 0.1) is 10.4 Å². The maximum atomic E-state index is 12.3. The third kappa shape index (κ3) is 3.15. The summed E-state index contributed by atoms with van der Waals surface area (Å²) in [5.74, 6) is 0. The number of benzene rings is 2. The van der Waals surface area contributed by atoms with Crippen LogP contribution in [0.2, 0.25) is 0 Å². The van der Waals surface area contributed by atoms with Crippen LogP contribution in [0.25, 0.3) is 12.4 Å². The van der Waals surface area contributed by atoms with Crippen molar-refractivity contribution in [2.24, 2.45) is 0 Å². The lowest BCUT2D eigenvalue weighted by Crippen LogP contribution is -2.37. The Morgan fingerprint density at radius 3 is 1.29 bits per heavy atom. The maximum absolute atomic E-state index is 12.3. The summed E-state index contributed by atoms with van der Waals surface area (Å²) in [7, 11) is 0. The zero-order valence-corrected chi connectivity index (χ0v) is 12.7. The summed E-state index contributed by atoms with van der Waals surface area (Å²) < 4.78 is 0. The van der Waals surface area contributed by atoms with Crippen molar-refractivity contribution < 1.29 is 0 Å². The van der Waals surface area contributed by atoms with E-state index in [0.717, 1.165) is 11.4 Å². The molecule has 24 heavy (non-hydrogen) atoms. The molecular formula is C19H14N2O3. The second-order valence-electron chi connectivity index (χ2n) is 5.12. The van der Waals surface area contributed by atoms with Gasteiger partial charge >= 0.3 is 0 Å². The molecule has 0 fully saturated rings. The molecule has 3 aromatic rings. The Morgan fingerprint density at radius 1 is 0.542 bits per heavy atom. The lowest BCUT2D eigenvalue weighted by atomic mass is 10.3. The maximum Gasteiger partial charge on any atom is 0.239 e. The minimum Gasteiger partial charge on any atom is -0.361 e. The molecule has 0 spiro atoms. The molecular weight excluding hydrogens is 304 g/mol. The first-order chi connectivity index (χ1) is 11.7. The van der Waals surface area contributed by atoms with Crippen LogP contribution in [0.5, 0.6) is 0 Å². The van der Waals surface area contributed by atoms with Gasteiger partial charge in [-0.3, -0.25) is 14.4 Å². The Hall–Kier alpha value is -3.47. The summed E-state index contributed by atoms with van der Waals surface area (Å²) in [6.07, 6.45) is 2.56. The Bertz CT molecular complexity index is 1010. The number of hydrogen-bond acceptors (Lipinski definition) is 5. The van der Waals surface area contributed by atoms with Crippen LogP contribution in [0.4, 0.5) is 11.4 Å². The van der Waals surface area contributed by atoms with E-state index in [4.69, 9.17) is 0 Å². The van der Waals surface area contributed by atoms with Crippen LogP contribution >= 0.6 is 0 Å². The van der Waals surface area contributed by atoms with Gasteiger partial charge in [-0.2, -0.15) is 0 Å². The summed E-state index contributed by atoms with van der Waals surface area (Å²) in [5, 5.41) is 5.39. The molecule has 0 aliphatic heterocycles. The third-order valence-electron chi connectivity index (χ3n) is 3.50. The quantitative estimate of drug-likeness (QED) is 0.679. The monoisotopic (exact) mass is 318 g/mol. The average molecular weight is 318 g/mol. The number of rotatable bonds is 4. The molecule has 0 unspecified atom stereocenters. The van der Waals surface area contributed by atoms with E-state index in [1.165, 1.54) is 12.4 Å².